The molecule has 0 aliphatic carbocycles. The molecule has 1 aromatic heterocycles. The van der Waals surface area contributed by atoms with Gasteiger partial charge < -0.3 is 10.3 Å². The molecule has 0 bridgehead atoms. The van der Waals surface area contributed by atoms with Gasteiger partial charge in [-0.15, -0.1) is 0 Å². The van der Waals surface area contributed by atoms with Crippen LogP contribution in [0.3, 0.4) is 0 Å². The average Bonchev–Trinajstić information content (AvgIpc) is 2.83. The van der Waals surface area contributed by atoms with Gasteiger partial charge >= 0.3 is 0 Å². The summed E-state index contributed by atoms with van der Waals surface area (Å²) < 4.78 is 29.0. The predicted octanol–water partition coefficient (Wildman–Crippen LogP) is 2.39. The highest BCUT2D eigenvalue weighted by Crippen LogP contribution is 2.18. The van der Waals surface area contributed by atoms with Crippen LogP contribution >= 0.6 is 0 Å². The third-order valence-electron chi connectivity index (χ3n) is 3.31. The van der Waals surface area contributed by atoms with E-state index in [2.05, 4.69) is 11.6 Å². The van der Waals surface area contributed by atoms with E-state index in [9.17, 15) is 8.42 Å². The van der Waals surface area contributed by atoms with Crippen LogP contribution in [0, 0.1) is 0 Å². The fourth-order valence-corrected chi connectivity index (χ4v) is 3.25. The van der Waals surface area contributed by atoms with Gasteiger partial charge in [-0.05, 0) is 26.3 Å². The van der Waals surface area contributed by atoms with E-state index in [1.165, 1.54) is 0 Å². The normalized spacial score (nSPS) is 12.2. The standard InChI is InChI=1S/C14H27N3O2S/c1-4-5-6-7-8-16-20(18,19)14-9-13(10-15)17(11-14)12(2)3/h9,11-12,16H,4-8,10,15H2,1-3H3. The Labute approximate surface area is 122 Å². The van der Waals surface area contributed by atoms with Crippen molar-refractivity contribution in [2.75, 3.05) is 6.54 Å². The van der Waals surface area contributed by atoms with E-state index in [1.807, 2.05) is 18.4 Å². The molecule has 1 aromatic rings. The number of aromatic nitrogens is 1. The van der Waals surface area contributed by atoms with Gasteiger partial charge in [0.2, 0.25) is 10.0 Å². The Kier molecular flexibility index (Phi) is 6.71. The van der Waals surface area contributed by atoms with Gasteiger partial charge in [0, 0.05) is 31.0 Å². The Morgan fingerprint density at radius 2 is 2.00 bits per heavy atom. The molecule has 0 aromatic carbocycles. The zero-order valence-corrected chi connectivity index (χ0v) is 13.5. The van der Waals surface area contributed by atoms with Crippen LogP contribution in [0.15, 0.2) is 17.2 Å². The zero-order valence-electron chi connectivity index (χ0n) is 12.7. The third-order valence-corrected chi connectivity index (χ3v) is 4.73. The van der Waals surface area contributed by atoms with E-state index >= 15 is 0 Å². The first-order chi connectivity index (χ1) is 9.42. The maximum absolute atomic E-state index is 12.2. The predicted molar refractivity (Wildman–Crippen MR) is 82.0 cm³/mol. The summed E-state index contributed by atoms with van der Waals surface area (Å²) >= 11 is 0. The van der Waals surface area contributed by atoms with Crippen LogP contribution in [0.2, 0.25) is 0 Å². The molecule has 20 heavy (non-hydrogen) atoms. The molecule has 116 valence electrons. The van der Waals surface area contributed by atoms with Crippen LogP contribution in [0.1, 0.15) is 58.2 Å². The van der Waals surface area contributed by atoms with Gasteiger partial charge in [-0.1, -0.05) is 26.2 Å². The first-order valence-corrected chi connectivity index (χ1v) is 8.81. The molecule has 0 atom stereocenters. The largest absolute Gasteiger partial charge is 0.346 e. The first-order valence-electron chi connectivity index (χ1n) is 7.32. The third kappa shape index (κ3) is 4.61. The average molecular weight is 301 g/mol. The van der Waals surface area contributed by atoms with Crippen LogP contribution in [-0.4, -0.2) is 19.5 Å². The minimum Gasteiger partial charge on any atom is -0.346 e. The molecule has 0 unspecified atom stereocenters. The second-order valence-corrected chi connectivity index (χ2v) is 7.10. The quantitative estimate of drug-likeness (QED) is 0.687. The minimum atomic E-state index is -3.42. The van der Waals surface area contributed by atoms with Gasteiger partial charge in [-0.3, -0.25) is 0 Å². The molecule has 0 aliphatic heterocycles. The van der Waals surface area contributed by atoms with Crippen molar-refractivity contribution >= 4 is 10.0 Å². The Balaban J connectivity index is 2.72. The summed E-state index contributed by atoms with van der Waals surface area (Å²) in [4.78, 5) is 0.308. The summed E-state index contributed by atoms with van der Waals surface area (Å²) in [6.07, 6.45) is 5.88. The first kappa shape index (κ1) is 17.2. The Morgan fingerprint density at radius 3 is 2.50 bits per heavy atom. The lowest BCUT2D eigenvalue weighted by Gasteiger charge is -2.10. The highest BCUT2D eigenvalue weighted by Gasteiger charge is 2.18. The van der Waals surface area contributed by atoms with E-state index in [0.29, 0.717) is 18.0 Å². The molecule has 3 N–H and O–H groups in total. The van der Waals surface area contributed by atoms with Crippen LogP contribution in [0.5, 0.6) is 0 Å². The Morgan fingerprint density at radius 1 is 1.30 bits per heavy atom. The summed E-state index contributed by atoms with van der Waals surface area (Å²) in [5, 5.41) is 0. The number of sulfonamides is 1. The molecule has 0 fully saturated rings. The molecular formula is C14H27N3O2S. The molecule has 0 amide bonds. The summed E-state index contributed by atoms with van der Waals surface area (Å²) in [7, 11) is -3.42. The van der Waals surface area contributed by atoms with E-state index in [4.69, 9.17) is 5.73 Å². The van der Waals surface area contributed by atoms with Crippen LogP contribution in [0.4, 0.5) is 0 Å². The van der Waals surface area contributed by atoms with Crippen molar-refractivity contribution in [1.82, 2.24) is 9.29 Å². The summed E-state index contributed by atoms with van der Waals surface area (Å²) in [6, 6.07) is 1.86. The van der Waals surface area contributed by atoms with Gasteiger partial charge in [0.1, 0.15) is 0 Å². The second kappa shape index (κ2) is 7.81. The lowest BCUT2D eigenvalue weighted by Crippen LogP contribution is -2.24. The summed E-state index contributed by atoms with van der Waals surface area (Å²) in [5.74, 6) is 0. The number of nitrogens with two attached hydrogens (primary N) is 1. The number of nitrogens with one attached hydrogen (secondary N) is 1. The van der Waals surface area contributed by atoms with E-state index < -0.39 is 10.0 Å². The van der Waals surface area contributed by atoms with Crippen molar-refractivity contribution in [3.8, 4) is 0 Å². The van der Waals surface area contributed by atoms with Crippen molar-refractivity contribution in [1.29, 1.82) is 0 Å². The monoisotopic (exact) mass is 301 g/mol. The lowest BCUT2D eigenvalue weighted by atomic mass is 10.2. The number of hydrogen-bond acceptors (Lipinski definition) is 3. The van der Waals surface area contributed by atoms with E-state index in [1.54, 1.807) is 12.3 Å². The number of nitrogens with zero attached hydrogens (tertiary/aromatic N) is 1. The molecular weight excluding hydrogens is 274 g/mol. The topological polar surface area (TPSA) is 77.1 Å². The van der Waals surface area contributed by atoms with Crippen molar-refractivity contribution in [3.63, 3.8) is 0 Å². The molecule has 1 heterocycles. The fraction of sp³-hybridized carbons (Fsp3) is 0.714. The van der Waals surface area contributed by atoms with Crippen molar-refractivity contribution in [2.45, 2.75) is 63.9 Å². The molecule has 6 heteroatoms. The summed E-state index contributed by atoms with van der Waals surface area (Å²) in [6.45, 7) is 6.98. The number of unbranched alkanes of at least 4 members (excludes halogenated alkanes) is 3. The number of rotatable bonds is 9. The minimum absolute atomic E-state index is 0.196. The van der Waals surface area contributed by atoms with Gasteiger partial charge in [0.05, 0.1) is 4.90 Å². The fourth-order valence-electron chi connectivity index (χ4n) is 2.13. The van der Waals surface area contributed by atoms with Crippen molar-refractivity contribution < 1.29 is 8.42 Å². The molecule has 5 nitrogen and oxygen atoms in total. The Hall–Kier alpha value is -0.850. The zero-order chi connectivity index (χ0) is 15.2. The van der Waals surface area contributed by atoms with Gasteiger partial charge in [-0.2, -0.15) is 0 Å². The molecule has 0 aliphatic rings. The maximum atomic E-state index is 12.2. The molecule has 0 saturated carbocycles. The number of hydrogen-bond donors (Lipinski definition) is 2. The summed E-state index contributed by atoms with van der Waals surface area (Å²) in [5.41, 5.74) is 6.50. The van der Waals surface area contributed by atoms with Crippen LogP contribution in [0.25, 0.3) is 0 Å². The smallest absolute Gasteiger partial charge is 0.242 e. The van der Waals surface area contributed by atoms with Gasteiger partial charge in [-0.25, -0.2) is 13.1 Å². The van der Waals surface area contributed by atoms with Gasteiger partial charge in [0.25, 0.3) is 0 Å². The molecule has 0 saturated heterocycles. The lowest BCUT2D eigenvalue weighted by molar-refractivity contribution is 0.566. The SMILES string of the molecule is CCCCCCNS(=O)(=O)c1cc(CN)n(C(C)C)c1. The van der Waals surface area contributed by atoms with Crippen molar-refractivity contribution in [2.24, 2.45) is 5.73 Å². The van der Waals surface area contributed by atoms with E-state index in [0.717, 1.165) is 31.4 Å². The molecule has 0 radical (unpaired) electrons. The highest BCUT2D eigenvalue weighted by molar-refractivity contribution is 7.89. The Bertz CT molecular complexity index is 506. The maximum Gasteiger partial charge on any atom is 0.242 e. The van der Waals surface area contributed by atoms with Crippen molar-refractivity contribution in [3.05, 3.63) is 18.0 Å². The van der Waals surface area contributed by atoms with E-state index in [-0.39, 0.29) is 6.04 Å². The molecule has 1 rings (SSSR count). The van der Waals surface area contributed by atoms with Gasteiger partial charge in [0.15, 0.2) is 0 Å². The van der Waals surface area contributed by atoms with Crippen LogP contribution < -0.4 is 10.5 Å². The molecule has 0 spiro atoms. The second-order valence-electron chi connectivity index (χ2n) is 5.33. The van der Waals surface area contributed by atoms with Crippen LogP contribution in [-0.2, 0) is 16.6 Å². The highest BCUT2D eigenvalue weighted by atomic mass is 32.2.